The number of rotatable bonds is 4. The molecule has 5 nitrogen and oxygen atoms in total. The maximum atomic E-state index is 12.7. The van der Waals surface area contributed by atoms with Crippen molar-refractivity contribution >= 4 is 12.0 Å². The van der Waals surface area contributed by atoms with Crippen LogP contribution in [0, 0.1) is 0 Å². The summed E-state index contributed by atoms with van der Waals surface area (Å²) in [5.74, 6) is -0.480. The van der Waals surface area contributed by atoms with Crippen LogP contribution in [0.15, 0.2) is 10.6 Å². The summed E-state index contributed by atoms with van der Waals surface area (Å²) in [5.41, 5.74) is 0. The molecule has 1 aromatic heterocycles. The lowest BCUT2D eigenvalue weighted by Gasteiger charge is -1.92. The number of carbonyl (C=O) groups excluding carboxylic acids is 1. The van der Waals surface area contributed by atoms with E-state index >= 15 is 0 Å². The summed E-state index contributed by atoms with van der Waals surface area (Å²) < 4.78 is 22.0. The first kappa shape index (κ1) is 11.4. The van der Waals surface area contributed by atoms with Crippen LogP contribution in [0.25, 0.3) is 6.08 Å². The summed E-state index contributed by atoms with van der Waals surface area (Å²) in [7, 11) is 0. The number of hydrogen-bond acceptors (Lipinski definition) is 5. The maximum Gasteiger partial charge on any atom is 0.330 e. The number of ether oxygens (including phenoxy) is 1. The number of aromatic nitrogens is 2. The summed E-state index contributed by atoms with van der Waals surface area (Å²) in [6, 6.07) is 0. The Kier molecular flexibility index (Phi) is 3.96. The van der Waals surface area contributed by atoms with Crippen LogP contribution < -0.4 is 0 Å². The van der Waals surface area contributed by atoms with Crippen LogP contribution in [0.4, 0.5) is 4.39 Å². The Morgan fingerprint density at radius 1 is 1.73 bits per heavy atom. The number of carbonyl (C=O) groups is 1. The van der Waals surface area contributed by atoms with Crippen LogP contribution in [0.1, 0.15) is 31.7 Å². The van der Waals surface area contributed by atoms with Gasteiger partial charge in [-0.1, -0.05) is 5.16 Å². The Hall–Kier alpha value is -1.72. The summed E-state index contributed by atoms with van der Waals surface area (Å²) in [5, 5.41) is 3.38. The highest BCUT2D eigenvalue weighted by Gasteiger charge is 2.10. The average Bonchev–Trinajstić information content (AvgIpc) is 2.63. The monoisotopic (exact) mass is 214 g/mol. The van der Waals surface area contributed by atoms with Crippen molar-refractivity contribution in [2.45, 2.75) is 20.0 Å². The predicted molar refractivity (Wildman–Crippen MR) is 49.5 cm³/mol. The van der Waals surface area contributed by atoms with Gasteiger partial charge in [-0.05, 0) is 13.8 Å². The van der Waals surface area contributed by atoms with Crippen LogP contribution in [0.2, 0.25) is 0 Å². The molecule has 1 atom stereocenters. The third kappa shape index (κ3) is 3.49. The quantitative estimate of drug-likeness (QED) is 0.563. The van der Waals surface area contributed by atoms with E-state index in [0.29, 0.717) is 6.61 Å². The van der Waals surface area contributed by atoms with Gasteiger partial charge in [-0.3, -0.25) is 0 Å². The zero-order valence-corrected chi connectivity index (χ0v) is 8.44. The van der Waals surface area contributed by atoms with E-state index in [9.17, 15) is 9.18 Å². The van der Waals surface area contributed by atoms with E-state index < -0.39 is 12.1 Å². The molecule has 15 heavy (non-hydrogen) atoms. The van der Waals surface area contributed by atoms with Crippen molar-refractivity contribution in [1.82, 2.24) is 10.1 Å². The molecular weight excluding hydrogens is 203 g/mol. The first-order chi connectivity index (χ1) is 7.13. The van der Waals surface area contributed by atoms with Crippen molar-refractivity contribution in [1.29, 1.82) is 0 Å². The fraction of sp³-hybridized carbons (Fsp3) is 0.444. The van der Waals surface area contributed by atoms with E-state index in [4.69, 9.17) is 0 Å². The second kappa shape index (κ2) is 5.23. The standard InChI is InChI=1S/C9H11FN2O3/c1-3-14-8(13)5-4-7-11-9(6(2)10)12-15-7/h4-6H,3H2,1-2H3/b5-4+/t6-/m1/s1. The van der Waals surface area contributed by atoms with Gasteiger partial charge in [0.05, 0.1) is 6.61 Å². The van der Waals surface area contributed by atoms with E-state index in [1.54, 1.807) is 6.92 Å². The van der Waals surface area contributed by atoms with Gasteiger partial charge in [0.25, 0.3) is 5.89 Å². The van der Waals surface area contributed by atoms with Crippen LogP contribution in [-0.2, 0) is 9.53 Å². The fourth-order valence-corrected chi connectivity index (χ4v) is 0.806. The largest absolute Gasteiger partial charge is 0.463 e. The van der Waals surface area contributed by atoms with E-state index in [-0.39, 0.29) is 11.7 Å². The Labute approximate surface area is 85.9 Å². The molecular formula is C9H11FN2O3. The lowest BCUT2D eigenvalue weighted by molar-refractivity contribution is -0.137. The molecule has 0 radical (unpaired) electrons. The lowest BCUT2D eigenvalue weighted by Crippen LogP contribution is -1.98. The van der Waals surface area contributed by atoms with Gasteiger partial charge in [-0.2, -0.15) is 4.98 Å². The van der Waals surface area contributed by atoms with Crippen molar-refractivity contribution in [2.24, 2.45) is 0 Å². The first-order valence-electron chi connectivity index (χ1n) is 4.46. The molecule has 6 heteroatoms. The van der Waals surface area contributed by atoms with Crippen LogP contribution in [0.5, 0.6) is 0 Å². The highest BCUT2D eigenvalue weighted by Crippen LogP contribution is 2.12. The van der Waals surface area contributed by atoms with Gasteiger partial charge < -0.3 is 9.26 Å². The molecule has 0 aliphatic rings. The molecule has 1 heterocycles. The number of alkyl halides is 1. The summed E-state index contributed by atoms with van der Waals surface area (Å²) in [6.45, 7) is 3.28. The minimum atomic E-state index is -1.29. The molecule has 0 aromatic carbocycles. The predicted octanol–water partition coefficient (Wildman–Crippen LogP) is 1.68. The smallest absolute Gasteiger partial charge is 0.330 e. The normalized spacial score (nSPS) is 13.0. The van der Waals surface area contributed by atoms with Crippen molar-refractivity contribution in [3.05, 3.63) is 17.8 Å². The van der Waals surface area contributed by atoms with Gasteiger partial charge in [-0.15, -0.1) is 0 Å². The highest BCUT2D eigenvalue weighted by molar-refractivity contribution is 5.86. The summed E-state index contributed by atoms with van der Waals surface area (Å²) >= 11 is 0. The molecule has 0 saturated heterocycles. The molecule has 0 saturated carbocycles. The van der Waals surface area contributed by atoms with Gasteiger partial charge in [0.2, 0.25) is 5.82 Å². The first-order valence-corrected chi connectivity index (χ1v) is 4.46. The van der Waals surface area contributed by atoms with E-state index in [2.05, 4.69) is 19.4 Å². The number of halogens is 1. The third-order valence-electron chi connectivity index (χ3n) is 1.46. The second-order valence-electron chi connectivity index (χ2n) is 2.69. The molecule has 0 aliphatic carbocycles. The average molecular weight is 214 g/mol. The van der Waals surface area contributed by atoms with Gasteiger partial charge in [-0.25, -0.2) is 9.18 Å². The molecule has 1 aromatic rings. The number of nitrogens with zero attached hydrogens (tertiary/aromatic N) is 2. The molecule has 0 bridgehead atoms. The Bertz CT molecular complexity index is 360. The zero-order chi connectivity index (χ0) is 11.3. The molecule has 0 fully saturated rings. The van der Waals surface area contributed by atoms with Gasteiger partial charge in [0.15, 0.2) is 6.17 Å². The fourth-order valence-electron chi connectivity index (χ4n) is 0.806. The molecule has 0 spiro atoms. The minimum Gasteiger partial charge on any atom is -0.463 e. The zero-order valence-electron chi connectivity index (χ0n) is 8.44. The second-order valence-corrected chi connectivity index (χ2v) is 2.69. The molecule has 0 N–H and O–H groups in total. The van der Waals surface area contributed by atoms with Gasteiger partial charge >= 0.3 is 5.97 Å². The third-order valence-corrected chi connectivity index (χ3v) is 1.46. The Morgan fingerprint density at radius 2 is 2.47 bits per heavy atom. The van der Waals surface area contributed by atoms with E-state index in [1.165, 1.54) is 13.0 Å². The highest BCUT2D eigenvalue weighted by atomic mass is 19.1. The van der Waals surface area contributed by atoms with Gasteiger partial charge in [0, 0.05) is 12.2 Å². The van der Waals surface area contributed by atoms with E-state index in [1.807, 2.05) is 0 Å². The SMILES string of the molecule is CCOC(=O)/C=C/c1nc([C@@H](C)F)no1. The van der Waals surface area contributed by atoms with Crippen molar-refractivity contribution in [3.8, 4) is 0 Å². The van der Waals surface area contributed by atoms with Crippen molar-refractivity contribution in [2.75, 3.05) is 6.61 Å². The Morgan fingerprint density at radius 3 is 3.00 bits per heavy atom. The topological polar surface area (TPSA) is 65.2 Å². The van der Waals surface area contributed by atoms with E-state index in [0.717, 1.165) is 6.08 Å². The molecule has 82 valence electrons. The molecule has 1 rings (SSSR count). The summed E-state index contributed by atoms with van der Waals surface area (Å²) in [6.07, 6.45) is 1.12. The van der Waals surface area contributed by atoms with Gasteiger partial charge in [0.1, 0.15) is 0 Å². The van der Waals surface area contributed by atoms with Crippen LogP contribution in [-0.4, -0.2) is 22.7 Å². The molecule has 0 unspecified atom stereocenters. The van der Waals surface area contributed by atoms with Crippen molar-refractivity contribution in [3.63, 3.8) is 0 Å². The molecule has 0 amide bonds. The van der Waals surface area contributed by atoms with Crippen LogP contribution >= 0.6 is 0 Å². The molecule has 0 aliphatic heterocycles. The summed E-state index contributed by atoms with van der Waals surface area (Å²) in [4.78, 5) is 14.6. The maximum absolute atomic E-state index is 12.7. The van der Waals surface area contributed by atoms with Crippen LogP contribution in [0.3, 0.4) is 0 Å². The number of hydrogen-bond donors (Lipinski definition) is 0. The Balaban J connectivity index is 2.60. The lowest BCUT2D eigenvalue weighted by atomic mass is 10.4. The number of esters is 1. The minimum absolute atomic E-state index is 0.0430. The van der Waals surface area contributed by atoms with Crippen molar-refractivity contribution < 1.29 is 18.4 Å².